The molecule has 0 aliphatic rings. The molecule has 23 heavy (non-hydrogen) atoms. The number of nitrogens with one attached hydrogen (secondary N) is 1. The number of halogens is 1. The highest BCUT2D eigenvalue weighted by molar-refractivity contribution is 14.1. The molecule has 2 heterocycles. The van der Waals surface area contributed by atoms with Crippen LogP contribution in [0.15, 0.2) is 42.9 Å². The predicted molar refractivity (Wildman–Crippen MR) is 96.4 cm³/mol. The number of carbonyl (C=O) groups is 1. The Morgan fingerprint density at radius 2 is 2.13 bits per heavy atom. The number of rotatable bonds is 4. The molecule has 0 aliphatic carbocycles. The third kappa shape index (κ3) is 3.61. The maximum absolute atomic E-state index is 12.3. The molecule has 7 heteroatoms. The topological polar surface area (TPSA) is 64.7 Å². The Hall–Kier alpha value is -2.16. The van der Waals surface area contributed by atoms with Crippen molar-refractivity contribution in [1.82, 2.24) is 19.6 Å². The van der Waals surface area contributed by atoms with Crippen LogP contribution in [0.1, 0.15) is 21.6 Å². The van der Waals surface area contributed by atoms with E-state index in [0.717, 1.165) is 3.57 Å². The van der Waals surface area contributed by atoms with Gasteiger partial charge in [-0.15, -0.1) is 0 Å². The van der Waals surface area contributed by atoms with Gasteiger partial charge in [-0.1, -0.05) is 29.8 Å². The normalized spacial score (nSPS) is 10.7. The molecule has 0 radical (unpaired) electrons. The largest absolute Gasteiger partial charge is 0.318 e. The van der Waals surface area contributed by atoms with Gasteiger partial charge in [-0.05, 0) is 35.1 Å². The van der Waals surface area contributed by atoms with Gasteiger partial charge in [0.15, 0.2) is 0 Å². The van der Waals surface area contributed by atoms with E-state index < -0.39 is 0 Å². The van der Waals surface area contributed by atoms with Crippen LogP contribution in [0, 0.1) is 10.5 Å². The first-order valence-corrected chi connectivity index (χ1v) is 8.17. The fourth-order valence-electron chi connectivity index (χ4n) is 2.37. The lowest BCUT2D eigenvalue weighted by Gasteiger charge is -2.04. The summed E-state index contributed by atoms with van der Waals surface area (Å²) in [5, 5.41) is 11.2. The van der Waals surface area contributed by atoms with Gasteiger partial charge < -0.3 is 5.32 Å². The quantitative estimate of drug-likeness (QED) is 0.660. The summed E-state index contributed by atoms with van der Waals surface area (Å²) in [5.74, 6) is -0.190. The monoisotopic (exact) mass is 421 g/mol. The number of amides is 1. The fourth-order valence-corrected chi connectivity index (χ4v) is 3.09. The van der Waals surface area contributed by atoms with Crippen LogP contribution in [0.5, 0.6) is 0 Å². The zero-order valence-electron chi connectivity index (χ0n) is 12.8. The van der Waals surface area contributed by atoms with E-state index >= 15 is 0 Å². The first kappa shape index (κ1) is 15.7. The standard InChI is InChI=1S/C16H16IN5O/c1-11-4-3-5-12(6-11)9-22-10-13(7-19-22)20-16(23)15-14(17)8-18-21(15)2/h3-8,10H,9H2,1-2H3,(H,20,23). The van der Waals surface area contributed by atoms with Gasteiger partial charge in [0.2, 0.25) is 0 Å². The molecule has 3 rings (SSSR count). The number of benzene rings is 1. The van der Waals surface area contributed by atoms with Crippen LogP contribution in [0.25, 0.3) is 0 Å². The van der Waals surface area contributed by atoms with Crippen molar-refractivity contribution >= 4 is 34.2 Å². The molecular formula is C16H16IN5O. The van der Waals surface area contributed by atoms with Crippen LogP contribution in [-0.4, -0.2) is 25.5 Å². The van der Waals surface area contributed by atoms with Crippen LogP contribution in [0.4, 0.5) is 5.69 Å². The van der Waals surface area contributed by atoms with Crippen LogP contribution in [0.3, 0.4) is 0 Å². The third-order valence-corrected chi connectivity index (χ3v) is 4.22. The Labute approximate surface area is 147 Å². The molecule has 0 aliphatic heterocycles. The molecular weight excluding hydrogens is 405 g/mol. The highest BCUT2D eigenvalue weighted by atomic mass is 127. The molecule has 6 nitrogen and oxygen atoms in total. The number of hydrogen-bond acceptors (Lipinski definition) is 3. The van der Waals surface area contributed by atoms with Crippen molar-refractivity contribution in [2.75, 3.05) is 5.32 Å². The summed E-state index contributed by atoms with van der Waals surface area (Å²) >= 11 is 2.10. The number of hydrogen-bond donors (Lipinski definition) is 1. The van der Waals surface area contributed by atoms with Crippen molar-refractivity contribution in [1.29, 1.82) is 0 Å². The number of anilines is 1. The third-order valence-electron chi connectivity index (χ3n) is 3.43. The zero-order valence-corrected chi connectivity index (χ0v) is 15.0. The number of nitrogens with zero attached hydrogens (tertiary/aromatic N) is 4. The summed E-state index contributed by atoms with van der Waals surface area (Å²) in [6, 6.07) is 8.28. The van der Waals surface area contributed by atoms with Gasteiger partial charge in [-0.3, -0.25) is 14.2 Å². The first-order chi connectivity index (χ1) is 11.0. The lowest BCUT2D eigenvalue weighted by atomic mass is 10.1. The van der Waals surface area contributed by atoms with Gasteiger partial charge in [0, 0.05) is 13.2 Å². The smallest absolute Gasteiger partial charge is 0.275 e. The Morgan fingerprint density at radius 1 is 1.30 bits per heavy atom. The minimum Gasteiger partial charge on any atom is -0.318 e. The van der Waals surface area contributed by atoms with E-state index in [0.29, 0.717) is 17.9 Å². The van der Waals surface area contributed by atoms with Crippen molar-refractivity contribution in [3.63, 3.8) is 0 Å². The Balaban J connectivity index is 1.71. The van der Waals surface area contributed by atoms with Gasteiger partial charge in [-0.25, -0.2) is 0 Å². The second kappa shape index (κ2) is 6.53. The van der Waals surface area contributed by atoms with Crippen molar-refractivity contribution in [3.05, 3.63) is 63.2 Å². The second-order valence-electron chi connectivity index (χ2n) is 5.33. The zero-order chi connectivity index (χ0) is 16.4. The summed E-state index contributed by atoms with van der Waals surface area (Å²) in [4.78, 5) is 12.3. The Bertz CT molecular complexity index is 832. The predicted octanol–water partition coefficient (Wildman–Crippen LogP) is 2.83. The van der Waals surface area contributed by atoms with E-state index in [1.807, 2.05) is 12.3 Å². The molecule has 0 atom stereocenters. The molecule has 1 amide bonds. The molecule has 0 bridgehead atoms. The van der Waals surface area contributed by atoms with Gasteiger partial charge in [-0.2, -0.15) is 10.2 Å². The van der Waals surface area contributed by atoms with E-state index in [1.54, 1.807) is 28.8 Å². The van der Waals surface area contributed by atoms with Gasteiger partial charge in [0.05, 0.1) is 28.2 Å². The highest BCUT2D eigenvalue weighted by Gasteiger charge is 2.15. The average Bonchev–Trinajstić information content (AvgIpc) is 3.06. The molecule has 0 fully saturated rings. The Kier molecular flexibility index (Phi) is 4.46. The Morgan fingerprint density at radius 3 is 2.83 bits per heavy atom. The molecule has 3 aromatic rings. The van der Waals surface area contributed by atoms with Crippen LogP contribution in [0.2, 0.25) is 0 Å². The van der Waals surface area contributed by atoms with Crippen molar-refractivity contribution in [3.8, 4) is 0 Å². The maximum Gasteiger partial charge on any atom is 0.275 e. The van der Waals surface area contributed by atoms with Crippen LogP contribution in [-0.2, 0) is 13.6 Å². The maximum atomic E-state index is 12.3. The van der Waals surface area contributed by atoms with Crippen LogP contribution >= 0.6 is 22.6 Å². The second-order valence-corrected chi connectivity index (χ2v) is 6.50. The van der Waals surface area contributed by atoms with Gasteiger partial charge >= 0.3 is 0 Å². The molecule has 1 aromatic carbocycles. The molecule has 118 valence electrons. The molecule has 1 N–H and O–H groups in total. The lowest BCUT2D eigenvalue weighted by molar-refractivity contribution is 0.101. The highest BCUT2D eigenvalue weighted by Crippen LogP contribution is 2.14. The van der Waals surface area contributed by atoms with E-state index in [4.69, 9.17) is 0 Å². The number of aromatic nitrogens is 4. The molecule has 0 saturated carbocycles. The van der Waals surface area contributed by atoms with E-state index in [-0.39, 0.29) is 5.91 Å². The minimum atomic E-state index is -0.190. The fraction of sp³-hybridized carbons (Fsp3) is 0.188. The molecule has 0 unspecified atom stereocenters. The molecule has 2 aromatic heterocycles. The molecule has 0 spiro atoms. The number of carbonyl (C=O) groups excluding carboxylic acids is 1. The number of aryl methyl sites for hydroxylation is 2. The van der Waals surface area contributed by atoms with E-state index in [1.165, 1.54) is 11.1 Å². The first-order valence-electron chi connectivity index (χ1n) is 7.10. The summed E-state index contributed by atoms with van der Waals surface area (Å²) in [5.41, 5.74) is 3.60. The van der Waals surface area contributed by atoms with E-state index in [2.05, 4.69) is 63.2 Å². The summed E-state index contributed by atoms with van der Waals surface area (Å²) in [6.45, 7) is 2.73. The SMILES string of the molecule is Cc1cccc(Cn2cc(NC(=O)c3c(I)cnn3C)cn2)c1. The van der Waals surface area contributed by atoms with E-state index in [9.17, 15) is 4.79 Å². The minimum absolute atomic E-state index is 0.190. The van der Waals surface area contributed by atoms with Crippen molar-refractivity contribution in [2.45, 2.75) is 13.5 Å². The summed E-state index contributed by atoms with van der Waals surface area (Å²) < 4.78 is 4.18. The van der Waals surface area contributed by atoms with Crippen molar-refractivity contribution in [2.24, 2.45) is 7.05 Å². The summed E-state index contributed by atoms with van der Waals surface area (Å²) in [6.07, 6.45) is 5.14. The van der Waals surface area contributed by atoms with Crippen molar-refractivity contribution < 1.29 is 4.79 Å². The molecule has 0 saturated heterocycles. The lowest BCUT2D eigenvalue weighted by Crippen LogP contribution is -2.17. The summed E-state index contributed by atoms with van der Waals surface area (Å²) in [7, 11) is 1.75. The van der Waals surface area contributed by atoms with Crippen LogP contribution < -0.4 is 5.32 Å². The van der Waals surface area contributed by atoms with Gasteiger partial charge in [0.25, 0.3) is 5.91 Å². The van der Waals surface area contributed by atoms with Gasteiger partial charge in [0.1, 0.15) is 5.69 Å². The average molecular weight is 421 g/mol.